The van der Waals surface area contributed by atoms with Gasteiger partial charge in [-0.05, 0) is 39.4 Å². The molecule has 0 aliphatic carbocycles. The van der Waals surface area contributed by atoms with Gasteiger partial charge in [0.05, 0.1) is 6.10 Å². The van der Waals surface area contributed by atoms with Crippen LogP contribution in [0.1, 0.15) is 43.9 Å². The monoisotopic (exact) mass is 235 g/mol. The van der Waals surface area contributed by atoms with Crippen molar-refractivity contribution < 1.29 is 5.11 Å². The smallest absolute Gasteiger partial charge is 0.0973 e. The van der Waals surface area contributed by atoms with Crippen LogP contribution in [-0.2, 0) is 0 Å². The van der Waals surface area contributed by atoms with Crippen LogP contribution in [0.25, 0.3) is 0 Å². The van der Waals surface area contributed by atoms with Crippen LogP contribution >= 0.6 is 0 Å². The molecule has 0 saturated heterocycles. The standard InChI is InChI=1S/C15H25NO/c1-6-15(7-2,16(4)5)14(17)13-10-8-12(3)9-11-13/h8-11,14,17H,6-7H2,1-5H3. The fraction of sp³-hybridized carbons (Fsp3) is 0.600. The summed E-state index contributed by atoms with van der Waals surface area (Å²) in [5.74, 6) is 0. The van der Waals surface area contributed by atoms with Crippen molar-refractivity contribution in [1.29, 1.82) is 0 Å². The van der Waals surface area contributed by atoms with Crippen molar-refractivity contribution in [2.75, 3.05) is 14.1 Å². The Kier molecular flexibility index (Phi) is 4.72. The van der Waals surface area contributed by atoms with Crippen LogP contribution < -0.4 is 0 Å². The van der Waals surface area contributed by atoms with Crippen molar-refractivity contribution in [2.45, 2.75) is 45.3 Å². The maximum Gasteiger partial charge on any atom is 0.0973 e. The van der Waals surface area contributed by atoms with E-state index in [2.05, 4.69) is 37.8 Å². The highest BCUT2D eigenvalue weighted by Gasteiger charge is 2.37. The molecule has 1 N–H and O–H groups in total. The predicted molar refractivity (Wildman–Crippen MR) is 73.1 cm³/mol. The minimum absolute atomic E-state index is 0.171. The molecule has 0 radical (unpaired) electrons. The fourth-order valence-corrected chi connectivity index (χ4v) is 2.57. The van der Waals surface area contributed by atoms with Crippen molar-refractivity contribution in [3.63, 3.8) is 0 Å². The quantitative estimate of drug-likeness (QED) is 0.847. The number of rotatable bonds is 5. The third-order valence-corrected chi connectivity index (χ3v) is 4.02. The van der Waals surface area contributed by atoms with Gasteiger partial charge in [0.2, 0.25) is 0 Å². The number of nitrogens with zero attached hydrogens (tertiary/aromatic N) is 1. The highest BCUT2D eigenvalue weighted by Crippen LogP contribution is 2.35. The highest BCUT2D eigenvalue weighted by molar-refractivity contribution is 5.25. The van der Waals surface area contributed by atoms with Gasteiger partial charge in [-0.3, -0.25) is 0 Å². The second-order valence-corrected chi connectivity index (χ2v) is 5.02. The maximum atomic E-state index is 10.7. The average molecular weight is 235 g/mol. The maximum absolute atomic E-state index is 10.7. The first kappa shape index (κ1) is 14.2. The van der Waals surface area contributed by atoms with Crippen molar-refractivity contribution in [3.05, 3.63) is 35.4 Å². The molecule has 0 fully saturated rings. The van der Waals surface area contributed by atoms with Crippen LogP contribution in [0.3, 0.4) is 0 Å². The molecule has 1 aromatic rings. The van der Waals surface area contributed by atoms with Gasteiger partial charge in [0, 0.05) is 5.54 Å². The van der Waals surface area contributed by atoms with Gasteiger partial charge in [0.25, 0.3) is 0 Å². The Morgan fingerprint density at radius 3 is 1.94 bits per heavy atom. The Balaban J connectivity index is 3.07. The second kappa shape index (κ2) is 5.65. The Morgan fingerprint density at radius 1 is 1.12 bits per heavy atom. The summed E-state index contributed by atoms with van der Waals surface area (Å²) in [6, 6.07) is 8.18. The van der Waals surface area contributed by atoms with Crippen LogP contribution in [-0.4, -0.2) is 29.6 Å². The van der Waals surface area contributed by atoms with Crippen molar-refractivity contribution in [3.8, 4) is 0 Å². The van der Waals surface area contributed by atoms with Crippen molar-refractivity contribution in [2.24, 2.45) is 0 Å². The Bertz CT molecular complexity index is 338. The molecule has 0 heterocycles. The molecule has 0 amide bonds. The fourth-order valence-electron chi connectivity index (χ4n) is 2.57. The van der Waals surface area contributed by atoms with Crippen LogP contribution in [0.4, 0.5) is 0 Å². The topological polar surface area (TPSA) is 23.5 Å². The van der Waals surface area contributed by atoms with Crippen LogP contribution in [0, 0.1) is 6.92 Å². The SMILES string of the molecule is CCC(CC)(C(O)c1ccc(C)cc1)N(C)C. The van der Waals surface area contributed by atoms with Crippen molar-refractivity contribution >= 4 is 0 Å². The average Bonchev–Trinajstić information content (AvgIpc) is 2.31. The summed E-state index contributed by atoms with van der Waals surface area (Å²) in [5, 5.41) is 10.7. The molecular weight excluding hydrogens is 210 g/mol. The summed E-state index contributed by atoms with van der Waals surface area (Å²) in [4.78, 5) is 2.15. The van der Waals surface area contributed by atoms with E-state index in [0.29, 0.717) is 0 Å². The molecule has 0 aliphatic heterocycles. The predicted octanol–water partition coefficient (Wildman–Crippen LogP) is 3.15. The first-order valence-electron chi connectivity index (χ1n) is 6.40. The van der Waals surface area contributed by atoms with Crippen LogP contribution in [0.5, 0.6) is 0 Å². The lowest BCUT2D eigenvalue weighted by Crippen LogP contribution is -2.48. The number of hydrogen-bond donors (Lipinski definition) is 1. The number of likely N-dealkylation sites (N-methyl/N-ethyl adjacent to an activating group) is 1. The van der Waals surface area contributed by atoms with Gasteiger partial charge < -0.3 is 10.0 Å². The Hall–Kier alpha value is -0.860. The lowest BCUT2D eigenvalue weighted by atomic mass is 9.81. The number of hydrogen-bond acceptors (Lipinski definition) is 2. The molecule has 2 nitrogen and oxygen atoms in total. The molecule has 0 spiro atoms. The van der Waals surface area contributed by atoms with E-state index in [1.54, 1.807) is 0 Å². The van der Waals surface area contributed by atoms with Gasteiger partial charge in [-0.25, -0.2) is 0 Å². The second-order valence-electron chi connectivity index (χ2n) is 5.02. The molecule has 0 bridgehead atoms. The van der Waals surface area contributed by atoms with E-state index in [1.165, 1.54) is 5.56 Å². The molecule has 1 aromatic carbocycles. The lowest BCUT2D eigenvalue weighted by Gasteiger charge is -2.42. The zero-order valence-electron chi connectivity index (χ0n) is 11.7. The summed E-state index contributed by atoms with van der Waals surface area (Å²) < 4.78 is 0. The van der Waals surface area contributed by atoms with E-state index in [4.69, 9.17) is 0 Å². The highest BCUT2D eigenvalue weighted by atomic mass is 16.3. The van der Waals surface area contributed by atoms with Gasteiger partial charge in [-0.1, -0.05) is 43.7 Å². The van der Waals surface area contributed by atoms with Gasteiger partial charge >= 0.3 is 0 Å². The molecule has 1 rings (SSSR count). The number of aryl methyl sites for hydroxylation is 1. The van der Waals surface area contributed by atoms with E-state index in [-0.39, 0.29) is 5.54 Å². The largest absolute Gasteiger partial charge is 0.386 e. The minimum atomic E-state index is -0.437. The summed E-state index contributed by atoms with van der Waals surface area (Å²) >= 11 is 0. The molecule has 1 unspecified atom stereocenters. The Morgan fingerprint density at radius 2 is 1.59 bits per heavy atom. The van der Waals surface area contributed by atoms with Gasteiger partial charge in [0.15, 0.2) is 0 Å². The Labute approximate surface area is 105 Å². The third-order valence-electron chi connectivity index (χ3n) is 4.02. The molecule has 96 valence electrons. The van der Waals surface area contributed by atoms with Crippen LogP contribution in [0.15, 0.2) is 24.3 Å². The number of aliphatic hydroxyl groups excluding tert-OH is 1. The third kappa shape index (κ3) is 2.70. The lowest BCUT2D eigenvalue weighted by molar-refractivity contribution is -0.0149. The molecule has 2 heteroatoms. The molecule has 0 aromatic heterocycles. The molecule has 0 saturated carbocycles. The summed E-state index contributed by atoms with van der Waals surface area (Å²) in [5.41, 5.74) is 2.06. The number of benzene rings is 1. The zero-order chi connectivity index (χ0) is 13.1. The van der Waals surface area contributed by atoms with E-state index >= 15 is 0 Å². The van der Waals surface area contributed by atoms with Gasteiger partial charge in [-0.15, -0.1) is 0 Å². The zero-order valence-corrected chi connectivity index (χ0v) is 11.7. The first-order valence-corrected chi connectivity index (χ1v) is 6.40. The molecular formula is C15H25NO. The molecule has 17 heavy (non-hydrogen) atoms. The van der Waals surface area contributed by atoms with Crippen molar-refractivity contribution in [1.82, 2.24) is 4.90 Å². The normalized spacial score (nSPS) is 14.1. The van der Waals surface area contributed by atoms with E-state index in [1.807, 2.05) is 26.2 Å². The minimum Gasteiger partial charge on any atom is -0.386 e. The summed E-state index contributed by atoms with van der Waals surface area (Å²) in [6.07, 6.45) is 1.44. The van der Waals surface area contributed by atoms with E-state index in [0.717, 1.165) is 18.4 Å². The van der Waals surface area contributed by atoms with E-state index in [9.17, 15) is 5.11 Å². The van der Waals surface area contributed by atoms with Crippen LogP contribution in [0.2, 0.25) is 0 Å². The van der Waals surface area contributed by atoms with E-state index < -0.39 is 6.10 Å². The molecule has 0 aliphatic rings. The van der Waals surface area contributed by atoms with Gasteiger partial charge in [-0.2, -0.15) is 0 Å². The summed E-state index contributed by atoms with van der Waals surface area (Å²) in [7, 11) is 4.09. The summed E-state index contributed by atoms with van der Waals surface area (Å²) in [6.45, 7) is 6.34. The molecule has 1 atom stereocenters. The number of aliphatic hydroxyl groups is 1. The van der Waals surface area contributed by atoms with Gasteiger partial charge in [0.1, 0.15) is 0 Å². The first-order chi connectivity index (χ1) is 7.97.